The van der Waals surface area contributed by atoms with Crippen molar-refractivity contribution < 1.29 is 4.74 Å². The van der Waals surface area contributed by atoms with E-state index in [4.69, 9.17) is 4.74 Å². The van der Waals surface area contributed by atoms with Gasteiger partial charge in [0.25, 0.3) is 0 Å². The molecule has 0 aliphatic carbocycles. The molecule has 0 radical (unpaired) electrons. The Kier molecular flexibility index (Phi) is 4.79. The third-order valence-corrected chi connectivity index (χ3v) is 4.71. The van der Waals surface area contributed by atoms with Gasteiger partial charge in [0, 0.05) is 19.6 Å². The second-order valence-electron chi connectivity index (χ2n) is 5.90. The molecule has 4 heteroatoms. The van der Waals surface area contributed by atoms with Crippen LogP contribution in [-0.4, -0.2) is 30.1 Å². The van der Waals surface area contributed by atoms with Crippen molar-refractivity contribution >= 4 is 15.9 Å². The number of halogens is 1. The van der Waals surface area contributed by atoms with Gasteiger partial charge >= 0.3 is 0 Å². The smallest absolute Gasteiger partial charge is 0.119 e. The van der Waals surface area contributed by atoms with Gasteiger partial charge < -0.3 is 4.74 Å². The molecular weight excluding hydrogens is 340 g/mol. The Balaban J connectivity index is 1.76. The van der Waals surface area contributed by atoms with E-state index in [2.05, 4.69) is 57.0 Å². The first kappa shape index (κ1) is 15.5. The quantitative estimate of drug-likeness (QED) is 0.773. The minimum absolute atomic E-state index is 0.500. The van der Waals surface area contributed by atoms with Crippen LogP contribution >= 0.6 is 15.9 Å². The van der Waals surface area contributed by atoms with E-state index in [9.17, 15) is 0 Å². The lowest BCUT2D eigenvalue weighted by Crippen LogP contribution is -2.27. The summed E-state index contributed by atoms with van der Waals surface area (Å²) in [7, 11) is 1.73. The maximum atomic E-state index is 5.38. The van der Waals surface area contributed by atoms with Gasteiger partial charge in [0.15, 0.2) is 0 Å². The second-order valence-corrected chi connectivity index (χ2v) is 6.72. The highest BCUT2D eigenvalue weighted by Crippen LogP contribution is 2.29. The molecule has 0 fully saturated rings. The summed E-state index contributed by atoms with van der Waals surface area (Å²) in [6.07, 6.45) is 1.08. The van der Waals surface area contributed by atoms with E-state index in [-0.39, 0.29) is 0 Å². The average molecular weight is 361 g/mol. The summed E-state index contributed by atoms with van der Waals surface area (Å²) in [4.78, 5) is 7.05. The maximum absolute atomic E-state index is 5.38. The molecule has 0 saturated heterocycles. The van der Waals surface area contributed by atoms with Crippen molar-refractivity contribution in [1.82, 2.24) is 9.88 Å². The molecule has 1 aliphatic rings. The lowest BCUT2D eigenvalue weighted by molar-refractivity contribution is 0.261. The molecule has 2 heterocycles. The van der Waals surface area contributed by atoms with Crippen LogP contribution in [0.3, 0.4) is 0 Å². The van der Waals surface area contributed by atoms with E-state index in [0.29, 0.717) is 5.92 Å². The molecule has 116 valence electrons. The summed E-state index contributed by atoms with van der Waals surface area (Å²) in [6.45, 7) is 5.31. The number of benzene rings is 1. The van der Waals surface area contributed by atoms with E-state index >= 15 is 0 Å². The summed E-state index contributed by atoms with van der Waals surface area (Å²) in [5.41, 5.74) is 3.98. The fourth-order valence-electron chi connectivity index (χ4n) is 3.15. The van der Waals surface area contributed by atoms with E-state index < -0.39 is 0 Å². The molecule has 0 amide bonds. The fourth-order valence-corrected chi connectivity index (χ4v) is 3.53. The van der Waals surface area contributed by atoms with E-state index in [1.807, 2.05) is 12.1 Å². The Morgan fingerprint density at radius 1 is 1.32 bits per heavy atom. The Morgan fingerprint density at radius 3 is 2.95 bits per heavy atom. The topological polar surface area (TPSA) is 25.4 Å². The SMILES string of the molecule is COc1ccc2c(c1)C(C)CN(Cc1cccc(Br)n1)CC2. The van der Waals surface area contributed by atoms with Crippen LogP contribution < -0.4 is 4.74 Å². The number of nitrogens with zero attached hydrogens (tertiary/aromatic N) is 2. The molecular formula is C18H21BrN2O. The number of methoxy groups -OCH3 is 1. The third kappa shape index (κ3) is 3.50. The molecule has 0 saturated carbocycles. The van der Waals surface area contributed by atoms with Crippen molar-refractivity contribution in [2.24, 2.45) is 0 Å². The highest BCUT2D eigenvalue weighted by Gasteiger charge is 2.20. The van der Waals surface area contributed by atoms with Gasteiger partial charge in [-0.05, 0) is 63.7 Å². The molecule has 0 bridgehead atoms. The van der Waals surface area contributed by atoms with E-state index in [1.54, 1.807) is 7.11 Å². The molecule has 3 nitrogen and oxygen atoms in total. The van der Waals surface area contributed by atoms with Crippen molar-refractivity contribution in [2.75, 3.05) is 20.2 Å². The van der Waals surface area contributed by atoms with Crippen molar-refractivity contribution in [2.45, 2.75) is 25.8 Å². The second kappa shape index (κ2) is 6.80. The molecule has 3 rings (SSSR count). The highest BCUT2D eigenvalue weighted by atomic mass is 79.9. The van der Waals surface area contributed by atoms with Crippen molar-refractivity contribution in [3.63, 3.8) is 0 Å². The number of fused-ring (bicyclic) bond motifs is 1. The first-order valence-electron chi connectivity index (χ1n) is 7.66. The standard InChI is InChI=1S/C18H21BrN2O/c1-13-11-21(12-15-4-3-5-18(19)20-15)9-8-14-6-7-16(22-2)10-17(13)14/h3-7,10,13H,8-9,11-12H2,1-2H3. The zero-order valence-corrected chi connectivity index (χ0v) is 14.6. The maximum Gasteiger partial charge on any atom is 0.119 e. The number of hydrogen-bond donors (Lipinski definition) is 0. The zero-order valence-electron chi connectivity index (χ0n) is 13.1. The van der Waals surface area contributed by atoms with Crippen LogP contribution in [0.2, 0.25) is 0 Å². The first-order valence-corrected chi connectivity index (χ1v) is 8.45. The zero-order chi connectivity index (χ0) is 15.5. The Labute approximate surface area is 140 Å². The van der Waals surface area contributed by atoms with E-state index in [1.165, 1.54) is 11.1 Å². The van der Waals surface area contributed by atoms with Crippen molar-refractivity contribution in [3.05, 3.63) is 57.8 Å². The predicted molar refractivity (Wildman–Crippen MR) is 92.3 cm³/mol. The molecule has 2 aromatic rings. The molecule has 0 spiro atoms. The summed E-state index contributed by atoms with van der Waals surface area (Å²) < 4.78 is 6.28. The lowest BCUT2D eigenvalue weighted by Gasteiger charge is -2.22. The van der Waals surface area contributed by atoms with Crippen LogP contribution in [0.1, 0.15) is 29.7 Å². The molecule has 1 unspecified atom stereocenters. The van der Waals surface area contributed by atoms with Gasteiger partial charge in [0.2, 0.25) is 0 Å². The minimum atomic E-state index is 0.500. The molecule has 1 aliphatic heterocycles. The third-order valence-electron chi connectivity index (χ3n) is 4.27. The minimum Gasteiger partial charge on any atom is -0.497 e. The summed E-state index contributed by atoms with van der Waals surface area (Å²) in [6, 6.07) is 12.6. The monoisotopic (exact) mass is 360 g/mol. The van der Waals surface area contributed by atoms with Crippen LogP contribution in [0.15, 0.2) is 41.0 Å². The van der Waals surface area contributed by atoms with Gasteiger partial charge in [-0.1, -0.05) is 19.1 Å². The van der Waals surface area contributed by atoms with Gasteiger partial charge in [-0.15, -0.1) is 0 Å². The Hall–Kier alpha value is -1.39. The molecule has 1 aromatic carbocycles. The van der Waals surface area contributed by atoms with Crippen LogP contribution in [0.25, 0.3) is 0 Å². The number of rotatable bonds is 3. The summed E-state index contributed by atoms with van der Waals surface area (Å²) in [5.74, 6) is 1.45. The van der Waals surface area contributed by atoms with Crippen molar-refractivity contribution in [3.8, 4) is 5.75 Å². The van der Waals surface area contributed by atoms with Crippen LogP contribution in [-0.2, 0) is 13.0 Å². The highest BCUT2D eigenvalue weighted by molar-refractivity contribution is 9.10. The number of hydrogen-bond acceptors (Lipinski definition) is 3. The number of aromatic nitrogens is 1. The fraction of sp³-hybridized carbons (Fsp3) is 0.389. The van der Waals surface area contributed by atoms with Crippen LogP contribution in [0, 0.1) is 0 Å². The predicted octanol–water partition coefficient (Wildman–Crippen LogP) is 4.01. The Bertz CT molecular complexity index is 659. The Morgan fingerprint density at radius 2 is 2.18 bits per heavy atom. The van der Waals surface area contributed by atoms with Gasteiger partial charge in [-0.25, -0.2) is 4.98 Å². The number of pyridine rings is 1. The average Bonchev–Trinajstić information content (AvgIpc) is 2.66. The van der Waals surface area contributed by atoms with Crippen LogP contribution in [0.4, 0.5) is 0 Å². The van der Waals surface area contributed by atoms with Crippen molar-refractivity contribution in [1.29, 1.82) is 0 Å². The first-order chi connectivity index (χ1) is 10.7. The molecule has 22 heavy (non-hydrogen) atoms. The largest absolute Gasteiger partial charge is 0.497 e. The number of ether oxygens (including phenoxy) is 1. The normalized spacial score (nSPS) is 18.6. The lowest BCUT2D eigenvalue weighted by atomic mass is 9.95. The molecule has 0 N–H and O–H groups in total. The molecule has 1 aromatic heterocycles. The van der Waals surface area contributed by atoms with Crippen LogP contribution in [0.5, 0.6) is 5.75 Å². The van der Waals surface area contributed by atoms with E-state index in [0.717, 1.165) is 42.1 Å². The summed E-state index contributed by atoms with van der Waals surface area (Å²) in [5, 5.41) is 0. The van der Waals surface area contributed by atoms with Gasteiger partial charge in [0.1, 0.15) is 10.4 Å². The van der Waals surface area contributed by atoms with Gasteiger partial charge in [-0.2, -0.15) is 0 Å². The van der Waals surface area contributed by atoms with Gasteiger partial charge in [0.05, 0.1) is 12.8 Å². The van der Waals surface area contributed by atoms with Gasteiger partial charge in [-0.3, -0.25) is 4.90 Å². The summed E-state index contributed by atoms with van der Waals surface area (Å²) >= 11 is 3.45. The molecule has 1 atom stereocenters.